The molecule has 0 radical (unpaired) electrons. The number of methoxy groups -OCH3 is 1. The van der Waals surface area contributed by atoms with Crippen molar-refractivity contribution in [3.8, 4) is 17.0 Å². The minimum Gasteiger partial charge on any atom is -0.496 e. The summed E-state index contributed by atoms with van der Waals surface area (Å²) in [6.45, 7) is 4.39. The first-order valence-electron chi connectivity index (χ1n) is 6.22. The predicted octanol–water partition coefficient (Wildman–Crippen LogP) is 3.67. The van der Waals surface area contributed by atoms with E-state index >= 15 is 0 Å². The van der Waals surface area contributed by atoms with Gasteiger partial charge in [-0.1, -0.05) is 26.0 Å². The third kappa shape index (κ3) is 2.35. The molecule has 2 rings (SSSR count). The fourth-order valence-corrected chi connectivity index (χ4v) is 2.04. The highest BCUT2D eigenvalue weighted by molar-refractivity contribution is 5.69. The molecular weight excluding hydrogens is 224 g/mol. The lowest BCUT2D eigenvalue weighted by Gasteiger charge is -2.16. The predicted molar refractivity (Wildman–Crippen MR) is 72.7 cm³/mol. The molecule has 0 aliphatic rings. The summed E-state index contributed by atoms with van der Waals surface area (Å²) in [5.41, 5.74) is 3.08. The summed E-state index contributed by atoms with van der Waals surface area (Å²) in [6, 6.07) is 10.0. The molecule has 0 spiro atoms. The first-order chi connectivity index (χ1) is 8.77. The molecule has 1 atom stereocenters. The van der Waals surface area contributed by atoms with Crippen molar-refractivity contribution in [2.45, 2.75) is 26.2 Å². The zero-order valence-corrected chi connectivity index (χ0v) is 11.1. The number of hydrogen-bond acceptors (Lipinski definition) is 3. The minimum absolute atomic E-state index is 0.469. The fourth-order valence-electron chi connectivity index (χ4n) is 2.04. The number of nitrogens with zero attached hydrogens (tertiary/aromatic N) is 2. The number of ether oxygens (including phenoxy) is 1. The smallest absolute Gasteiger partial charge is 0.131 e. The van der Waals surface area contributed by atoms with Crippen molar-refractivity contribution in [3.63, 3.8) is 0 Å². The molecule has 18 heavy (non-hydrogen) atoms. The summed E-state index contributed by atoms with van der Waals surface area (Å²) in [6.07, 6.45) is 2.76. The van der Waals surface area contributed by atoms with Gasteiger partial charge in [-0.05, 0) is 36.1 Å². The van der Waals surface area contributed by atoms with Gasteiger partial charge in [-0.15, -0.1) is 0 Å². The number of aromatic nitrogens is 2. The molecule has 0 saturated heterocycles. The van der Waals surface area contributed by atoms with Crippen molar-refractivity contribution in [1.29, 1.82) is 0 Å². The Kier molecular flexibility index (Phi) is 3.92. The third-order valence-corrected chi connectivity index (χ3v) is 3.24. The van der Waals surface area contributed by atoms with Crippen LogP contribution in [0.5, 0.6) is 5.75 Å². The average molecular weight is 242 g/mol. The molecule has 1 aromatic heterocycles. The van der Waals surface area contributed by atoms with Crippen molar-refractivity contribution in [1.82, 2.24) is 10.2 Å². The van der Waals surface area contributed by atoms with Crippen LogP contribution in [0.4, 0.5) is 0 Å². The quantitative estimate of drug-likeness (QED) is 0.820. The van der Waals surface area contributed by atoms with Gasteiger partial charge in [-0.25, -0.2) is 0 Å². The van der Waals surface area contributed by atoms with Crippen LogP contribution in [0.15, 0.2) is 36.5 Å². The maximum absolute atomic E-state index is 5.59. The Hall–Kier alpha value is -1.90. The highest BCUT2D eigenvalue weighted by Gasteiger charge is 2.15. The van der Waals surface area contributed by atoms with Crippen molar-refractivity contribution >= 4 is 0 Å². The summed E-state index contributed by atoms with van der Waals surface area (Å²) in [4.78, 5) is 0. The molecule has 0 saturated carbocycles. The SMILES string of the molecule is CCC(C)c1cccc(-c2cccnn2)c1OC. The van der Waals surface area contributed by atoms with Gasteiger partial charge in [0.15, 0.2) is 0 Å². The van der Waals surface area contributed by atoms with Crippen LogP contribution < -0.4 is 4.74 Å². The zero-order chi connectivity index (χ0) is 13.0. The summed E-state index contributed by atoms with van der Waals surface area (Å²) in [5, 5.41) is 8.08. The molecule has 0 amide bonds. The van der Waals surface area contributed by atoms with Gasteiger partial charge in [-0.2, -0.15) is 10.2 Å². The van der Waals surface area contributed by atoms with E-state index in [4.69, 9.17) is 4.74 Å². The minimum atomic E-state index is 0.469. The van der Waals surface area contributed by atoms with Gasteiger partial charge in [0.2, 0.25) is 0 Å². The zero-order valence-electron chi connectivity index (χ0n) is 11.1. The molecule has 0 aliphatic heterocycles. The molecule has 1 unspecified atom stereocenters. The number of benzene rings is 1. The molecule has 0 bridgehead atoms. The van der Waals surface area contributed by atoms with Gasteiger partial charge >= 0.3 is 0 Å². The summed E-state index contributed by atoms with van der Waals surface area (Å²) >= 11 is 0. The van der Waals surface area contributed by atoms with Gasteiger partial charge in [0.1, 0.15) is 5.75 Å². The van der Waals surface area contributed by atoms with Crippen molar-refractivity contribution in [2.24, 2.45) is 0 Å². The number of para-hydroxylation sites is 1. The van der Waals surface area contributed by atoms with Crippen LogP contribution in [0.25, 0.3) is 11.3 Å². The molecular formula is C15H18N2O. The molecule has 0 N–H and O–H groups in total. The van der Waals surface area contributed by atoms with Crippen molar-refractivity contribution in [3.05, 3.63) is 42.1 Å². The second-order valence-electron chi connectivity index (χ2n) is 4.35. The van der Waals surface area contributed by atoms with E-state index in [-0.39, 0.29) is 0 Å². The van der Waals surface area contributed by atoms with E-state index in [2.05, 4.69) is 30.1 Å². The van der Waals surface area contributed by atoms with E-state index in [9.17, 15) is 0 Å². The van der Waals surface area contributed by atoms with Gasteiger partial charge < -0.3 is 4.74 Å². The fraction of sp³-hybridized carbons (Fsp3) is 0.333. The van der Waals surface area contributed by atoms with Crippen LogP contribution in [0, 0.1) is 0 Å². The Morgan fingerprint density at radius 1 is 1.22 bits per heavy atom. The Morgan fingerprint density at radius 2 is 2.06 bits per heavy atom. The third-order valence-electron chi connectivity index (χ3n) is 3.24. The summed E-state index contributed by atoms with van der Waals surface area (Å²) < 4.78 is 5.59. The number of rotatable bonds is 4. The normalized spacial score (nSPS) is 12.2. The Morgan fingerprint density at radius 3 is 2.67 bits per heavy atom. The highest BCUT2D eigenvalue weighted by atomic mass is 16.5. The Labute approximate surface area is 108 Å². The second kappa shape index (κ2) is 5.63. The van der Waals surface area contributed by atoms with Crippen molar-refractivity contribution in [2.75, 3.05) is 7.11 Å². The molecule has 2 aromatic rings. The van der Waals surface area contributed by atoms with Crippen LogP contribution in [-0.2, 0) is 0 Å². The van der Waals surface area contributed by atoms with E-state index in [0.717, 1.165) is 23.4 Å². The lowest BCUT2D eigenvalue weighted by atomic mass is 9.94. The summed E-state index contributed by atoms with van der Waals surface area (Å²) in [5.74, 6) is 1.38. The van der Waals surface area contributed by atoms with E-state index in [1.165, 1.54) is 5.56 Å². The molecule has 1 heterocycles. The van der Waals surface area contributed by atoms with Gasteiger partial charge in [0, 0.05) is 11.8 Å². The van der Waals surface area contributed by atoms with Crippen molar-refractivity contribution < 1.29 is 4.74 Å². The lowest BCUT2D eigenvalue weighted by molar-refractivity contribution is 0.407. The molecule has 3 nitrogen and oxygen atoms in total. The van der Waals surface area contributed by atoms with E-state index in [0.29, 0.717) is 5.92 Å². The highest BCUT2D eigenvalue weighted by Crippen LogP contribution is 2.36. The second-order valence-corrected chi connectivity index (χ2v) is 4.35. The van der Waals surface area contributed by atoms with Gasteiger partial charge in [-0.3, -0.25) is 0 Å². The molecule has 1 aromatic carbocycles. The maximum atomic E-state index is 5.59. The van der Waals surface area contributed by atoms with E-state index in [1.54, 1.807) is 13.3 Å². The lowest BCUT2D eigenvalue weighted by Crippen LogP contribution is -1.99. The van der Waals surface area contributed by atoms with Crippen LogP contribution in [-0.4, -0.2) is 17.3 Å². The van der Waals surface area contributed by atoms with Gasteiger partial charge in [0.25, 0.3) is 0 Å². The molecule has 94 valence electrons. The van der Waals surface area contributed by atoms with Gasteiger partial charge in [0.05, 0.1) is 12.8 Å². The van der Waals surface area contributed by atoms with Crippen LogP contribution in [0.3, 0.4) is 0 Å². The topological polar surface area (TPSA) is 35.0 Å². The number of hydrogen-bond donors (Lipinski definition) is 0. The average Bonchev–Trinajstić information content (AvgIpc) is 2.46. The maximum Gasteiger partial charge on any atom is 0.131 e. The van der Waals surface area contributed by atoms with Crippen LogP contribution in [0.2, 0.25) is 0 Å². The molecule has 0 aliphatic carbocycles. The Bertz CT molecular complexity index is 511. The largest absolute Gasteiger partial charge is 0.496 e. The van der Waals surface area contributed by atoms with E-state index in [1.807, 2.05) is 24.3 Å². The first kappa shape index (κ1) is 12.6. The van der Waals surface area contributed by atoms with Crippen LogP contribution >= 0.6 is 0 Å². The first-order valence-corrected chi connectivity index (χ1v) is 6.22. The van der Waals surface area contributed by atoms with E-state index < -0.39 is 0 Å². The Balaban J connectivity index is 2.55. The van der Waals surface area contributed by atoms with Crippen LogP contribution in [0.1, 0.15) is 31.7 Å². The summed E-state index contributed by atoms with van der Waals surface area (Å²) in [7, 11) is 1.71. The monoisotopic (exact) mass is 242 g/mol. The standard InChI is InChI=1S/C15H18N2O/c1-4-11(2)12-7-5-8-13(15(12)18-3)14-9-6-10-16-17-14/h5-11H,4H2,1-3H3. The molecule has 0 fully saturated rings. The molecule has 3 heteroatoms.